The van der Waals surface area contributed by atoms with Crippen LogP contribution >= 0.6 is 24.0 Å². The Balaban J connectivity index is 0.00000484. The van der Waals surface area contributed by atoms with Crippen molar-refractivity contribution in [2.75, 3.05) is 26.7 Å². The van der Waals surface area contributed by atoms with Gasteiger partial charge in [-0.25, -0.2) is 4.99 Å². The van der Waals surface area contributed by atoms with Gasteiger partial charge in [0, 0.05) is 20.1 Å². The summed E-state index contributed by atoms with van der Waals surface area (Å²) >= 11 is 0. The van der Waals surface area contributed by atoms with Gasteiger partial charge < -0.3 is 20.0 Å². The molecule has 0 spiro atoms. The Kier molecular flexibility index (Phi) is 12.1. The fraction of sp³-hybridized carbons (Fsp3) is 0.500. The summed E-state index contributed by atoms with van der Waals surface area (Å²) in [5, 5.41) is 5.96. The molecule has 0 aliphatic carbocycles. The van der Waals surface area contributed by atoms with Gasteiger partial charge in [0.2, 0.25) is 5.91 Å². The molecule has 1 aromatic rings. The lowest BCUT2D eigenvalue weighted by atomic mass is 10.3. The van der Waals surface area contributed by atoms with Crippen molar-refractivity contribution in [1.29, 1.82) is 0 Å². The number of unbranched alkanes of at least 4 members (excludes halogenated alkanes) is 1. The van der Waals surface area contributed by atoms with Crippen molar-refractivity contribution in [3.63, 3.8) is 0 Å². The molecular weight excluding hydrogens is 407 g/mol. The van der Waals surface area contributed by atoms with Gasteiger partial charge in [-0.15, -0.1) is 30.6 Å². The molecule has 0 radical (unpaired) electrons. The summed E-state index contributed by atoms with van der Waals surface area (Å²) in [6.45, 7) is 7.82. The lowest BCUT2D eigenvalue weighted by Gasteiger charge is -2.21. The monoisotopic (exact) mass is 434 g/mol. The van der Waals surface area contributed by atoms with Crippen molar-refractivity contribution < 1.29 is 9.21 Å². The maximum atomic E-state index is 11.8. The summed E-state index contributed by atoms with van der Waals surface area (Å²) in [4.78, 5) is 18.2. The van der Waals surface area contributed by atoms with E-state index in [9.17, 15) is 4.79 Å². The van der Waals surface area contributed by atoms with Crippen molar-refractivity contribution in [2.45, 2.75) is 26.3 Å². The molecule has 1 amide bonds. The highest BCUT2D eigenvalue weighted by molar-refractivity contribution is 14.0. The SMILES string of the molecule is C=CCCCN(C)C(=NCC(=O)NCc1ccco1)NCC.I. The number of halogens is 1. The zero-order chi connectivity index (χ0) is 16.2. The van der Waals surface area contributed by atoms with E-state index in [0.717, 1.165) is 37.7 Å². The highest BCUT2D eigenvalue weighted by Gasteiger charge is 2.07. The number of nitrogens with zero attached hydrogens (tertiary/aromatic N) is 2. The Morgan fingerprint density at radius 3 is 2.87 bits per heavy atom. The van der Waals surface area contributed by atoms with E-state index in [1.807, 2.05) is 31.0 Å². The topological polar surface area (TPSA) is 69.9 Å². The van der Waals surface area contributed by atoms with Crippen LogP contribution in [0.25, 0.3) is 0 Å². The van der Waals surface area contributed by atoms with Gasteiger partial charge >= 0.3 is 0 Å². The van der Waals surface area contributed by atoms with Crippen molar-refractivity contribution in [2.24, 2.45) is 4.99 Å². The number of nitrogens with one attached hydrogen (secondary N) is 2. The normalized spacial score (nSPS) is 10.6. The molecule has 7 heteroatoms. The van der Waals surface area contributed by atoms with Crippen LogP contribution in [-0.2, 0) is 11.3 Å². The van der Waals surface area contributed by atoms with Gasteiger partial charge in [0.25, 0.3) is 0 Å². The zero-order valence-electron chi connectivity index (χ0n) is 13.9. The summed E-state index contributed by atoms with van der Waals surface area (Å²) < 4.78 is 5.16. The summed E-state index contributed by atoms with van der Waals surface area (Å²) in [5.74, 6) is 1.33. The Morgan fingerprint density at radius 2 is 2.26 bits per heavy atom. The molecule has 1 aromatic heterocycles. The highest BCUT2D eigenvalue weighted by atomic mass is 127. The molecule has 0 atom stereocenters. The highest BCUT2D eigenvalue weighted by Crippen LogP contribution is 1.98. The number of carbonyl (C=O) groups excluding carboxylic acids is 1. The van der Waals surface area contributed by atoms with E-state index in [0.29, 0.717) is 6.54 Å². The van der Waals surface area contributed by atoms with Crippen molar-refractivity contribution in [3.8, 4) is 0 Å². The average Bonchev–Trinajstić information content (AvgIpc) is 3.02. The standard InChI is InChI=1S/C16H26N4O2.HI/c1-4-6-7-10-20(3)16(17-5-2)19-13-15(21)18-12-14-9-8-11-22-14;/h4,8-9,11H,1,5-7,10,12-13H2,2-3H3,(H,17,19)(H,18,21);1H. The Bertz CT molecular complexity index is 474. The van der Waals surface area contributed by atoms with E-state index < -0.39 is 0 Å². The van der Waals surface area contributed by atoms with E-state index in [4.69, 9.17) is 4.42 Å². The second kappa shape index (κ2) is 13.0. The molecule has 1 heterocycles. The van der Waals surface area contributed by atoms with E-state index in [2.05, 4.69) is 22.2 Å². The van der Waals surface area contributed by atoms with Crippen molar-refractivity contribution in [1.82, 2.24) is 15.5 Å². The summed E-state index contributed by atoms with van der Waals surface area (Å²) in [6, 6.07) is 3.61. The minimum atomic E-state index is -0.133. The zero-order valence-corrected chi connectivity index (χ0v) is 16.2. The van der Waals surface area contributed by atoms with E-state index in [1.54, 1.807) is 12.3 Å². The first kappa shape index (κ1) is 21.5. The number of hydrogen-bond donors (Lipinski definition) is 2. The van der Waals surface area contributed by atoms with Gasteiger partial charge in [0.05, 0.1) is 12.8 Å². The predicted octanol–water partition coefficient (Wildman–Crippen LogP) is 2.38. The molecule has 6 nitrogen and oxygen atoms in total. The molecule has 1 rings (SSSR count). The number of rotatable bonds is 9. The molecular formula is C16H27IN4O2. The van der Waals surface area contributed by atoms with Crippen LogP contribution in [0, 0.1) is 0 Å². The molecule has 0 aromatic carbocycles. The van der Waals surface area contributed by atoms with Crippen LogP contribution in [0.5, 0.6) is 0 Å². The third kappa shape index (κ3) is 9.27. The minimum absolute atomic E-state index is 0. The minimum Gasteiger partial charge on any atom is -0.467 e. The fourth-order valence-corrected chi connectivity index (χ4v) is 1.85. The molecule has 0 unspecified atom stereocenters. The number of carbonyl (C=O) groups is 1. The first-order chi connectivity index (χ1) is 10.7. The first-order valence-corrected chi connectivity index (χ1v) is 7.56. The number of hydrogen-bond acceptors (Lipinski definition) is 3. The maximum Gasteiger partial charge on any atom is 0.242 e. The van der Waals surface area contributed by atoms with Gasteiger partial charge in [-0.3, -0.25) is 4.79 Å². The van der Waals surface area contributed by atoms with E-state index >= 15 is 0 Å². The van der Waals surface area contributed by atoms with Gasteiger partial charge in [0.1, 0.15) is 12.3 Å². The quantitative estimate of drug-likeness (QED) is 0.206. The molecule has 0 bridgehead atoms. The van der Waals surface area contributed by atoms with Crippen LogP contribution in [0.3, 0.4) is 0 Å². The van der Waals surface area contributed by atoms with Crippen molar-refractivity contribution in [3.05, 3.63) is 36.8 Å². The molecule has 0 saturated carbocycles. The van der Waals surface area contributed by atoms with E-state index in [-0.39, 0.29) is 36.4 Å². The van der Waals surface area contributed by atoms with E-state index in [1.165, 1.54) is 0 Å². The molecule has 0 fully saturated rings. The van der Waals surface area contributed by atoms with Gasteiger partial charge in [0.15, 0.2) is 5.96 Å². The van der Waals surface area contributed by atoms with Crippen LogP contribution in [0.1, 0.15) is 25.5 Å². The van der Waals surface area contributed by atoms with Gasteiger partial charge in [-0.2, -0.15) is 0 Å². The number of aliphatic imine (C=N–C) groups is 1. The largest absolute Gasteiger partial charge is 0.467 e. The Labute approximate surface area is 155 Å². The molecule has 23 heavy (non-hydrogen) atoms. The second-order valence-corrected chi connectivity index (χ2v) is 4.88. The third-order valence-corrected chi connectivity index (χ3v) is 3.01. The average molecular weight is 434 g/mol. The maximum absolute atomic E-state index is 11.8. The summed E-state index contributed by atoms with van der Waals surface area (Å²) in [7, 11) is 1.96. The predicted molar refractivity (Wildman–Crippen MR) is 104 cm³/mol. The number of allylic oxidation sites excluding steroid dienone is 1. The summed E-state index contributed by atoms with van der Waals surface area (Å²) in [5.41, 5.74) is 0. The fourth-order valence-electron chi connectivity index (χ4n) is 1.85. The number of guanidine groups is 1. The van der Waals surface area contributed by atoms with Crippen LogP contribution in [-0.4, -0.2) is 43.4 Å². The van der Waals surface area contributed by atoms with Crippen LogP contribution in [0.2, 0.25) is 0 Å². The smallest absolute Gasteiger partial charge is 0.242 e. The van der Waals surface area contributed by atoms with Crippen LogP contribution < -0.4 is 10.6 Å². The molecule has 0 saturated heterocycles. The third-order valence-electron chi connectivity index (χ3n) is 3.01. The molecule has 0 aliphatic heterocycles. The van der Waals surface area contributed by atoms with Crippen LogP contribution in [0.4, 0.5) is 0 Å². The Hall–Kier alpha value is -1.51. The molecule has 0 aliphatic rings. The Morgan fingerprint density at radius 1 is 1.48 bits per heavy atom. The lowest BCUT2D eigenvalue weighted by Crippen LogP contribution is -2.40. The summed E-state index contributed by atoms with van der Waals surface area (Å²) in [6.07, 6.45) is 5.46. The second-order valence-electron chi connectivity index (χ2n) is 4.88. The van der Waals surface area contributed by atoms with Gasteiger partial charge in [-0.1, -0.05) is 6.08 Å². The van der Waals surface area contributed by atoms with Gasteiger partial charge in [-0.05, 0) is 31.9 Å². The lowest BCUT2D eigenvalue weighted by molar-refractivity contribution is -0.119. The first-order valence-electron chi connectivity index (χ1n) is 7.56. The molecule has 2 N–H and O–H groups in total. The molecule has 130 valence electrons. The van der Waals surface area contributed by atoms with Crippen molar-refractivity contribution >= 4 is 35.8 Å². The van der Waals surface area contributed by atoms with Crippen LogP contribution in [0.15, 0.2) is 40.5 Å². The number of furan rings is 1. The number of amides is 1.